The van der Waals surface area contributed by atoms with Crippen LogP contribution in [0.15, 0.2) is 29.3 Å². The molecule has 134 valence electrons. The maximum absolute atomic E-state index is 13.2. The van der Waals surface area contributed by atoms with Crippen LogP contribution in [0.4, 0.5) is 4.39 Å². The molecule has 0 unspecified atom stereocenters. The number of hydrogen-bond acceptors (Lipinski definition) is 2. The van der Waals surface area contributed by atoms with Gasteiger partial charge in [0.2, 0.25) is 0 Å². The van der Waals surface area contributed by atoms with Crippen molar-refractivity contribution >= 4 is 5.96 Å². The summed E-state index contributed by atoms with van der Waals surface area (Å²) in [5.41, 5.74) is 0.888. The molecule has 1 aromatic rings. The molecule has 0 radical (unpaired) electrons. The average molecular weight is 334 g/mol. The quantitative estimate of drug-likeness (QED) is 0.595. The van der Waals surface area contributed by atoms with Crippen LogP contribution in [-0.4, -0.2) is 43.6 Å². The van der Waals surface area contributed by atoms with Crippen LogP contribution in [0.2, 0.25) is 0 Å². The van der Waals surface area contributed by atoms with E-state index in [2.05, 4.69) is 34.4 Å². The lowest BCUT2D eigenvalue weighted by molar-refractivity contribution is 0.187. The molecule has 0 saturated carbocycles. The van der Waals surface area contributed by atoms with E-state index in [0.717, 1.165) is 30.5 Å². The second kappa shape index (κ2) is 10.3. The zero-order valence-electron chi connectivity index (χ0n) is 15.0. The van der Waals surface area contributed by atoms with Crippen LogP contribution in [0, 0.1) is 11.7 Å². The van der Waals surface area contributed by atoms with Gasteiger partial charge >= 0.3 is 0 Å². The molecule has 0 aromatic heterocycles. The Balaban J connectivity index is 1.75. The first-order valence-corrected chi connectivity index (χ1v) is 9.20. The van der Waals surface area contributed by atoms with Gasteiger partial charge in [-0.05, 0) is 69.4 Å². The number of guanidine groups is 1. The van der Waals surface area contributed by atoms with E-state index in [1.807, 2.05) is 6.07 Å². The molecular formula is C19H31FN4. The summed E-state index contributed by atoms with van der Waals surface area (Å²) in [4.78, 5) is 7.07. The van der Waals surface area contributed by atoms with E-state index in [1.54, 1.807) is 6.07 Å². The lowest BCUT2D eigenvalue weighted by atomic mass is 9.93. The van der Waals surface area contributed by atoms with Gasteiger partial charge in [-0.2, -0.15) is 0 Å². The van der Waals surface area contributed by atoms with Gasteiger partial charge in [0.1, 0.15) is 5.82 Å². The Labute approximate surface area is 145 Å². The largest absolute Gasteiger partial charge is 0.357 e. The number of halogens is 1. The van der Waals surface area contributed by atoms with Crippen molar-refractivity contribution in [3.63, 3.8) is 0 Å². The summed E-state index contributed by atoms with van der Waals surface area (Å²) in [6, 6.07) is 6.62. The number of aliphatic imine (C=N–C) groups is 1. The maximum Gasteiger partial charge on any atom is 0.191 e. The van der Waals surface area contributed by atoms with Crippen LogP contribution >= 0.6 is 0 Å². The molecular weight excluding hydrogens is 303 g/mol. The highest BCUT2D eigenvalue weighted by atomic mass is 19.1. The molecule has 0 spiro atoms. The average Bonchev–Trinajstić information content (AvgIpc) is 2.60. The zero-order chi connectivity index (χ0) is 17.2. The van der Waals surface area contributed by atoms with Crippen LogP contribution in [0.3, 0.4) is 0 Å². The first kappa shape index (κ1) is 18.7. The fourth-order valence-corrected chi connectivity index (χ4v) is 3.13. The highest BCUT2D eigenvalue weighted by Gasteiger charge is 2.17. The van der Waals surface area contributed by atoms with E-state index >= 15 is 0 Å². The van der Waals surface area contributed by atoms with Crippen LogP contribution in [-0.2, 0) is 6.54 Å². The van der Waals surface area contributed by atoms with Crippen LogP contribution in [0.1, 0.15) is 38.7 Å². The minimum absolute atomic E-state index is 0.209. The predicted molar refractivity (Wildman–Crippen MR) is 98.7 cm³/mol. The van der Waals surface area contributed by atoms with Gasteiger partial charge in [-0.3, -0.25) is 0 Å². The Morgan fingerprint density at radius 2 is 2.04 bits per heavy atom. The molecule has 1 aromatic carbocycles. The van der Waals surface area contributed by atoms with E-state index in [4.69, 9.17) is 0 Å². The summed E-state index contributed by atoms with van der Waals surface area (Å²) in [6.07, 6.45) is 3.78. The summed E-state index contributed by atoms with van der Waals surface area (Å²) in [5.74, 6) is 1.42. The minimum Gasteiger partial charge on any atom is -0.357 e. The van der Waals surface area contributed by atoms with Crippen LogP contribution in [0.5, 0.6) is 0 Å². The number of hydrogen-bond donors (Lipinski definition) is 2. The second-order valence-corrected chi connectivity index (χ2v) is 6.42. The van der Waals surface area contributed by atoms with Gasteiger partial charge in [0.15, 0.2) is 5.96 Å². The number of nitrogens with one attached hydrogen (secondary N) is 2. The van der Waals surface area contributed by atoms with Gasteiger partial charge in [-0.25, -0.2) is 9.38 Å². The third-order valence-corrected chi connectivity index (χ3v) is 4.65. The van der Waals surface area contributed by atoms with Crippen molar-refractivity contribution in [1.29, 1.82) is 0 Å². The maximum atomic E-state index is 13.2. The number of benzene rings is 1. The van der Waals surface area contributed by atoms with Gasteiger partial charge in [0.25, 0.3) is 0 Å². The lowest BCUT2D eigenvalue weighted by Crippen LogP contribution is -2.39. The van der Waals surface area contributed by atoms with Crippen molar-refractivity contribution in [3.8, 4) is 0 Å². The smallest absolute Gasteiger partial charge is 0.191 e. The van der Waals surface area contributed by atoms with Crippen molar-refractivity contribution in [2.75, 3.05) is 32.7 Å². The molecule has 2 rings (SSSR count). The molecule has 4 nitrogen and oxygen atoms in total. The minimum atomic E-state index is -0.209. The number of piperidine rings is 1. The van der Waals surface area contributed by atoms with Crippen LogP contribution in [0.25, 0.3) is 0 Å². The summed E-state index contributed by atoms with van der Waals surface area (Å²) in [5, 5.41) is 6.67. The molecule has 0 aliphatic carbocycles. The van der Waals surface area contributed by atoms with E-state index in [9.17, 15) is 4.39 Å². The first-order valence-electron chi connectivity index (χ1n) is 9.20. The Morgan fingerprint density at radius 3 is 2.71 bits per heavy atom. The summed E-state index contributed by atoms with van der Waals surface area (Å²) >= 11 is 0. The van der Waals surface area contributed by atoms with Crippen molar-refractivity contribution < 1.29 is 4.39 Å². The van der Waals surface area contributed by atoms with Gasteiger partial charge < -0.3 is 15.5 Å². The second-order valence-electron chi connectivity index (χ2n) is 6.42. The van der Waals surface area contributed by atoms with E-state index in [0.29, 0.717) is 6.54 Å². The highest BCUT2D eigenvalue weighted by Crippen LogP contribution is 2.19. The molecule has 1 heterocycles. The molecule has 1 fully saturated rings. The summed E-state index contributed by atoms with van der Waals surface area (Å²) in [6.45, 7) is 10.2. The predicted octanol–water partition coefficient (Wildman–Crippen LogP) is 3.00. The SMILES string of the molecule is CCNC(=NCc1cccc(F)c1)NCCC1CCN(CC)CC1. The topological polar surface area (TPSA) is 39.7 Å². The van der Waals surface area contributed by atoms with Gasteiger partial charge in [-0.15, -0.1) is 0 Å². The van der Waals surface area contributed by atoms with Crippen molar-refractivity contribution in [2.24, 2.45) is 10.9 Å². The molecule has 0 bridgehead atoms. The van der Waals surface area contributed by atoms with E-state index < -0.39 is 0 Å². The number of rotatable bonds is 7. The molecule has 5 heteroatoms. The zero-order valence-corrected chi connectivity index (χ0v) is 15.0. The number of nitrogens with zero attached hydrogens (tertiary/aromatic N) is 2. The van der Waals surface area contributed by atoms with E-state index in [-0.39, 0.29) is 5.82 Å². The first-order chi connectivity index (χ1) is 11.7. The van der Waals surface area contributed by atoms with Crippen LogP contribution < -0.4 is 10.6 Å². The lowest BCUT2D eigenvalue weighted by Gasteiger charge is -2.31. The molecule has 24 heavy (non-hydrogen) atoms. The molecule has 2 N–H and O–H groups in total. The number of likely N-dealkylation sites (tertiary alicyclic amines) is 1. The molecule has 0 amide bonds. The van der Waals surface area contributed by atoms with Crippen molar-refractivity contribution in [1.82, 2.24) is 15.5 Å². The standard InChI is InChI=1S/C19H31FN4/c1-3-21-19(23-15-17-6-5-7-18(20)14-17)22-11-8-16-9-12-24(4-2)13-10-16/h5-7,14,16H,3-4,8-13,15H2,1-2H3,(H2,21,22,23). The third kappa shape index (κ3) is 6.48. The third-order valence-electron chi connectivity index (χ3n) is 4.65. The fraction of sp³-hybridized carbons (Fsp3) is 0.632. The fourth-order valence-electron chi connectivity index (χ4n) is 3.13. The molecule has 1 saturated heterocycles. The Morgan fingerprint density at radius 1 is 1.25 bits per heavy atom. The molecule has 1 aliphatic rings. The monoisotopic (exact) mass is 334 g/mol. The molecule has 0 atom stereocenters. The van der Waals surface area contributed by atoms with Crippen molar-refractivity contribution in [3.05, 3.63) is 35.6 Å². The van der Waals surface area contributed by atoms with Gasteiger partial charge in [-0.1, -0.05) is 19.1 Å². The Bertz CT molecular complexity index is 510. The highest BCUT2D eigenvalue weighted by molar-refractivity contribution is 5.79. The Kier molecular flexibility index (Phi) is 8.02. The normalized spacial score (nSPS) is 17.0. The van der Waals surface area contributed by atoms with Gasteiger partial charge in [0, 0.05) is 13.1 Å². The summed E-state index contributed by atoms with van der Waals surface area (Å²) in [7, 11) is 0. The molecule has 1 aliphatic heterocycles. The van der Waals surface area contributed by atoms with Gasteiger partial charge in [0.05, 0.1) is 6.54 Å². The Hall–Kier alpha value is -1.62. The summed E-state index contributed by atoms with van der Waals surface area (Å²) < 4.78 is 13.2. The van der Waals surface area contributed by atoms with Crippen molar-refractivity contribution in [2.45, 2.75) is 39.7 Å². The van der Waals surface area contributed by atoms with E-state index in [1.165, 1.54) is 51.0 Å².